The molecule has 0 saturated carbocycles. The lowest BCUT2D eigenvalue weighted by Crippen LogP contribution is -2.36. The van der Waals surface area contributed by atoms with Gasteiger partial charge >= 0.3 is 5.97 Å². The summed E-state index contributed by atoms with van der Waals surface area (Å²) in [6.07, 6.45) is 5.55. The van der Waals surface area contributed by atoms with E-state index in [4.69, 9.17) is 4.98 Å². The predicted octanol–water partition coefficient (Wildman–Crippen LogP) is 3.55. The summed E-state index contributed by atoms with van der Waals surface area (Å²) in [7, 11) is 0. The number of hydrogen-bond donors (Lipinski definition) is 1. The number of rotatable bonds is 4. The molecule has 0 radical (unpaired) electrons. The van der Waals surface area contributed by atoms with Gasteiger partial charge in [-0.1, -0.05) is 30.3 Å². The molecule has 0 unspecified atom stereocenters. The Morgan fingerprint density at radius 3 is 2.30 bits per heavy atom. The first-order valence-electron chi connectivity index (χ1n) is 9.88. The van der Waals surface area contributed by atoms with Crippen LogP contribution in [0.25, 0.3) is 0 Å². The second kappa shape index (κ2) is 7.94. The number of nitrogens with zero attached hydrogens (tertiary/aromatic N) is 4. The number of aromatic carboxylic acids is 1. The van der Waals surface area contributed by atoms with E-state index in [9.17, 15) is 9.90 Å². The molecule has 0 bridgehead atoms. The van der Waals surface area contributed by atoms with Crippen molar-refractivity contribution in [3.05, 3.63) is 47.7 Å². The molecule has 2 saturated heterocycles. The lowest BCUT2D eigenvalue weighted by Gasteiger charge is -2.33. The molecule has 2 aliphatic heterocycles. The first kappa shape index (κ1) is 17.8. The Balaban J connectivity index is 1.52. The highest BCUT2D eigenvalue weighted by molar-refractivity contribution is 5.86. The van der Waals surface area contributed by atoms with Crippen LogP contribution in [0.15, 0.2) is 36.4 Å². The number of piperidine rings is 2. The van der Waals surface area contributed by atoms with Crippen LogP contribution >= 0.6 is 0 Å². The van der Waals surface area contributed by atoms with Crippen LogP contribution in [-0.4, -0.2) is 47.2 Å². The molecular weight excluding hydrogens is 340 g/mol. The van der Waals surface area contributed by atoms with Crippen molar-refractivity contribution in [2.75, 3.05) is 36.0 Å². The molecular formula is C21H26N4O2. The molecule has 0 spiro atoms. The largest absolute Gasteiger partial charge is 0.477 e. The number of carboxylic acid groups (broad SMARTS) is 1. The minimum Gasteiger partial charge on any atom is -0.477 e. The maximum absolute atomic E-state index is 11.6. The van der Waals surface area contributed by atoms with E-state index < -0.39 is 5.97 Å². The van der Waals surface area contributed by atoms with Gasteiger partial charge in [-0.05, 0) is 43.6 Å². The number of carbonyl (C=O) groups is 1. The smallest absolute Gasteiger partial charge is 0.354 e. The minimum absolute atomic E-state index is 0.0887. The first-order chi connectivity index (χ1) is 13.2. The van der Waals surface area contributed by atoms with E-state index in [1.807, 2.05) is 6.07 Å². The zero-order valence-corrected chi connectivity index (χ0v) is 15.5. The molecule has 2 fully saturated rings. The van der Waals surface area contributed by atoms with Crippen LogP contribution in [0, 0.1) is 0 Å². The summed E-state index contributed by atoms with van der Waals surface area (Å²) in [6.45, 7) is 3.57. The van der Waals surface area contributed by atoms with Crippen LogP contribution in [0.4, 0.5) is 11.8 Å². The van der Waals surface area contributed by atoms with Gasteiger partial charge in [0, 0.05) is 32.2 Å². The van der Waals surface area contributed by atoms with E-state index in [1.54, 1.807) is 6.07 Å². The molecule has 0 amide bonds. The number of anilines is 2. The Morgan fingerprint density at radius 2 is 1.63 bits per heavy atom. The fraction of sp³-hybridized carbons (Fsp3) is 0.476. The zero-order chi connectivity index (χ0) is 18.6. The third-order valence-corrected chi connectivity index (χ3v) is 5.65. The van der Waals surface area contributed by atoms with Gasteiger partial charge in [-0.2, -0.15) is 4.98 Å². The van der Waals surface area contributed by atoms with Gasteiger partial charge in [0.2, 0.25) is 5.95 Å². The van der Waals surface area contributed by atoms with Crippen LogP contribution in [0.2, 0.25) is 0 Å². The Hall–Kier alpha value is -2.63. The summed E-state index contributed by atoms with van der Waals surface area (Å²) < 4.78 is 0. The normalized spacial score (nSPS) is 18.5. The Morgan fingerprint density at radius 1 is 0.926 bits per heavy atom. The van der Waals surface area contributed by atoms with Gasteiger partial charge < -0.3 is 14.9 Å². The van der Waals surface area contributed by atoms with E-state index in [1.165, 1.54) is 12.0 Å². The average molecular weight is 366 g/mol. The molecule has 1 N–H and O–H groups in total. The van der Waals surface area contributed by atoms with Crippen LogP contribution in [0.3, 0.4) is 0 Å². The molecule has 2 aromatic rings. The monoisotopic (exact) mass is 366 g/mol. The van der Waals surface area contributed by atoms with Crippen molar-refractivity contribution in [3.63, 3.8) is 0 Å². The summed E-state index contributed by atoms with van der Waals surface area (Å²) in [4.78, 5) is 25.0. The van der Waals surface area contributed by atoms with Crippen molar-refractivity contribution >= 4 is 17.7 Å². The number of aromatic nitrogens is 2. The van der Waals surface area contributed by atoms with Crippen molar-refractivity contribution in [1.82, 2.24) is 9.97 Å². The molecule has 0 aliphatic carbocycles. The van der Waals surface area contributed by atoms with Crippen LogP contribution in [0.1, 0.15) is 54.1 Å². The topological polar surface area (TPSA) is 69.6 Å². The molecule has 1 aromatic carbocycles. The molecule has 6 nitrogen and oxygen atoms in total. The van der Waals surface area contributed by atoms with E-state index in [0.717, 1.165) is 57.7 Å². The molecule has 4 rings (SSSR count). The average Bonchev–Trinajstić information content (AvgIpc) is 2.75. The van der Waals surface area contributed by atoms with Gasteiger partial charge in [0.15, 0.2) is 5.69 Å². The second-order valence-electron chi connectivity index (χ2n) is 7.44. The SMILES string of the molecule is O=C(O)c1cc(N2CCCCC2)nc(N2CCC(c3ccccc3)CC2)n1. The lowest BCUT2D eigenvalue weighted by molar-refractivity contribution is 0.0690. The van der Waals surface area contributed by atoms with Crippen molar-refractivity contribution in [2.24, 2.45) is 0 Å². The first-order valence-corrected chi connectivity index (χ1v) is 9.88. The highest BCUT2D eigenvalue weighted by atomic mass is 16.4. The van der Waals surface area contributed by atoms with Crippen LogP contribution < -0.4 is 9.80 Å². The molecule has 0 atom stereocenters. The van der Waals surface area contributed by atoms with Crippen molar-refractivity contribution in [2.45, 2.75) is 38.0 Å². The van der Waals surface area contributed by atoms with Gasteiger partial charge in [0.05, 0.1) is 0 Å². The van der Waals surface area contributed by atoms with Gasteiger partial charge in [-0.3, -0.25) is 0 Å². The standard InChI is InChI=1S/C21H26N4O2/c26-20(27)18-15-19(24-11-5-2-6-12-24)23-21(22-18)25-13-9-17(10-14-25)16-7-3-1-4-8-16/h1,3-4,7-8,15,17H,2,5-6,9-14H2,(H,26,27). The molecule has 2 aliphatic rings. The third kappa shape index (κ3) is 4.04. The lowest BCUT2D eigenvalue weighted by atomic mass is 9.90. The number of hydrogen-bond acceptors (Lipinski definition) is 5. The summed E-state index contributed by atoms with van der Waals surface area (Å²) in [5.74, 6) is 0.868. The molecule has 1 aromatic heterocycles. The van der Waals surface area contributed by atoms with Gasteiger partial charge in [-0.25, -0.2) is 9.78 Å². The Kier molecular flexibility index (Phi) is 5.23. The summed E-state index contributed by atoms with van der Waals surface area (Å²) in [5, 5.41) is 9.49. The van der Waals surface area contributed by atoms with Gasteiger partial charge in [0.25, 0.3) is 0 Å². The zero-order valence-electron chi connectivity index (χ0n) is 15.5. The minimum atomic E-state index is -0.990. The van der Waals surface area contributed by atoms with E-state index in [-0.39, 0.29) is 5.69 Å². The maximum Gasteiger partial charge on any atom is 0.354 e. The van der Waals surface area contributed by atoms with E-state index >= 15 is 0 Å². The molecule has 6 heteroatoms. The third-order valence-electron chi connectivity index (χ3n) is 5.65. The van der Waals surface area contributed by atoms with E-state index in [0.29, 0.717) is 11.9 Å². The number of benzene rings is 1. The maximum atomic E-state index is 11.6. The summed E-state index contributed by atoms with van der Waals surface area (Å²) in [5.41, 5.74) is 1.47. The highest BCUT2D eigenvalue weighted by Crippen LogP contribution is 2.30. The summed E-state index contributed by atoms with van der Waals surface area (Å²) >= 11 is 0. The van der Waals surface area contributed by atoms with Gasteiger partial charge in [-0.15, -0.1) is 0 Å². The molecule has 3 heterocycles. The number of carboxylic acids is 1. The van der Waals surface area contributed by atoms with Crippen LogP contribution in [-0.2, 0) is 0 Å². The quantitative estimate of drug-likeness (QED) is 0.892. The van der Waals surface area contributed by atoms with Crippen molar-refractivity contribution in [3.8, 4) is 0 Å². The van der Waals surface area contributed by atoms with E-state index in [2.05, 4.69) is 39.0 Å². The Labute approximate surface area is 159 Å². The fourth-order valence-corrected chi connectivity index (χ4v) is 4.10. The van der Waals surface area contributed by atoms with Crippen molar-refractivity contribution < 1.29 is 9.90 Å². The Bertz CT molecular complexity index is 782. The van der Waals surface area contributed by atoms with Gasteiger partial charge in [0.1, 0.15) is 5.82 Å². The molecule has 27 heavy (non-hydrogen) atoms. The van der Waals surface area contributed by atoms with Crippen molar-refractivity contribution in [1.29, 1.82) is 0 Å². The molecule has 142 valence electrons. The second-order valence-corrected chi connectivity index (χ2v) is 7.44. The van der Waals surface area contributed by atoms with Crippen LogP contribution in [0.5, 0.6) is 0 Å². The predicted molar refractivity (Wildman–Crippen MR) is 106 cm³/mol. The fourth-order valence-electron chi connectivity index (χ4n) is 4.10. The summed E-state index contributed by atoms with van der Waals surface area (Å²) in [6, 6.07) is 12.2. The highest BCUT2D eigenvalue weighted by Gasteiger charge is 2.24.